The predicted molar refractivity (Wildman–Crippen MR) is 99.8 cm³/mol. The van der Waals surface area contributed by atoms with Crippen molar-refractivity contribution >= 4 is 11.9 Å². The summed E-state index contributed by atoms with van der Waals surface area (Å²) in [6, 6.07) is 18.7. The molecule has 2 heterocycles. The average Bonchev–Trinajstić information content (AvgIpc) is 3.24. The number of amides is 3. The lowest BCUT2D eigenvalue weighted by atomic mass is 10.1. The molecular formula is C20H19N5O2. The van der Waals surface area contributed by atoms with E-state index in [-0.39, 0.29) is 5.91 Å². The lowest BCUT2D eigenvalue weighted by Crippen LogP contribution is -2.32. The van der Waals surface area contributed by atoms with E-state index in [1.165, 1.54) is 5.56 Å². The Kier molecular flexibility index (Phi) is 4.65. The van der Waals surface area contributed by atoms with Crippen LogP contribution in [-0.4, -0.2) is 32.7 Å². The maximum absolute atomic E-state index is 11.9. The van der Waals surface area contributed by atoms with Gasteiger partial charge in [-0.2, -0.15) is 5.10 Å². The molecule has 4 rings (SSSR count). The molecule has 1 aliphatic rings. The molecule has 1 fully saturated rings. The van der Waals surface area contributed by atoms with Crippen molar-refractivity contribution in [2.75, 3.05) is 0 Å². The molecule has 7 heteroatoms. The van der Waals surface area contributed by atoms with Gasteiger partial charge in [-0.25, -0.2) is 14.5 Å². The van der Waals surface area contributed by atoms with Crippen molar-refractivity contribution in [3.63, 3.8) is 0 Å². The molecule has 0 aliphatic carbocycles. The minimum atomic E-state index is -0.624. The zero-order valence-corrected chi connectivity index (χ0v) is 14.6. The average molecular weight is 361 g/mol. The fourth-order valence-electron chi connectivity index (χ4n) is 3.08. The second kappa shape index (κ2) is 7.41. The third kappa shape index (κ3) is 3.87. The summed E-state index contributed by atoms with van der Waals surface area (Å²) < 4.78 is 1.83. The van der Waals surface area contributed by atoms with E-state index in [0.29, 0.717) is 24.6 Å². The van der Waals surface area contributed by atoms with Crippen LogP contribution in [0.3, 0.4) is 0 Å². The summed E-state index contributed by atoms with van der Waals surface area (Å²) in [4.78, 5) is 27.9. The number of hydrogen-bond acceptors (Lipinski definition) is 4. The third-order valence-electron chi connectivity index (χ3n) is 4.48. The van der Waals surface area contributed by atoms with Crippen molar-refractivity contribution in [1.82, 2.24) is 25.4 Å². The highest BCUT2D eigenvalue weighted by molar-refractivity contribution is 6.04. The minimum absolute atomic E-state index is 0.298. The summed E-state index contributed by atoms with van der Waals surface area (Å²) in [5.41, 5.74) is 2.12. The summed E-state index contributed by atoms with van der Waals surface area (Å²) >= 11 is 0. The highest BCUT2D eigenvalue weighted by Gasteiger charge is 2.31. The second-order valence-electron chi connectivity index (χ2n) is 6.40. The maximum Gasteiger partial charge on any atom is 0.322 e. The number of carbonyl (C=O) groups excluding carboxylic acids is 2. The van der Waals surface area contributed by atoms with Gasteiger partial charge in [0.05, 0.1) is 0 Å². The van der Waals surface area contributed by atoms with Crippen LogP contribution in [0.5, 0.6) is 0 Å². The lowest BCUT2D eigenvalue weighted by molar-refractivity contribution is -0.120. The molecule has 0 bridgehead atoms. The van der Waals surface area contributed by atoms with Gasteiger partial charge in [-0.3, -0.25) is 10.1 Å². The van der Waals surface area contributed by atoms with E-state index < -0.39 is 12.1 Å². The fourth-order valence-corrected chi connectivity index (χ4v) is 3.08. The maximum atomic E-state index is 11.9. The molecule has 0 spiro atoms. The fraction of sp³-hybridized carbons (Fsp3) is 0.200. The lowest BCUT2D eigenvalue weighted by Gasteiger charge is -2.09. The van der Waals surface area contributed by atoms with Crippen LogP contribution in [0, 0.1) is 0 Å². The molecule has 0 saturated carbocycles. The highest BCUT2D eigenvalue weighted by Crippen LogP contribution is 2.17. The molecule has 136 valence electrons. The van der Waals surface area contributed by atoms with Gasteiger partial charge in [0.15, 0.2) is 5.82 Å². The normalized spacial score (nSPS) is 16.2. The smallest absolute Gasteiger partial charge is 0.322 e. The Morgan fingerprint density at radius 3 is 2.33 bits per heavy atom. The summed E-state index contributed by atoms with van der Waals surface area (Å²) in [7, 11) is 0. The van der Waals surface area contributed by atoms with Gasteiger partial charge >= 0.3 is 6.03 Å². The van der Waals surface area contributed by atoms with Crippen molar-refractivity contribution in [2.24, 2.45) is 0 Å². The van der Waals surface area contributed by atoms with Gasteiger partial charge in [-0.15, -0.1) is 0 Å². The molecule has 3 aromatic rings. The topological polar surface area (TPSA) is 88.9 Å². The molecule has 0 radical (unpaired) electrons. The van der Waals surface area contributed by atoms with Gasteiger partial charge in [-0.05, 0) is 12.0 Å². The number of nitrogens with one attached hydrogen (secondary N) is 2. The van der Waals surface area contributed by atoms with Crippen molar-refractivity contribution in [2.45, 2.75) is 25.4 Å². The molecule has 1 atom stereocenters. The number of benzene rings is 2. The Labute approximate surface area is 156 Å². The van der Waals surface area contributed by atoms with Crippen LogP contribution in [0.4, 0.5) is 4.79 Å². The number of hydrogen-bond donors (Lipinski definition) is 2. The number of aromatic nitrogens is 3. The molecule has 1 unspecified atom stereocenters. The van der Waals surface area contributed by atoms with Crippen LogP contribution in [0.15, 0.2) is 60.7 Å². The van der Waals surface area contributed by atoms with Crippen LogP contribution in [0.1, 0.15) is 11.4 Å². The molecule has 7 nitrogen and oxygen atoms in total. The Hall–Kier alpha value is -3.48. The van der Waals surface area contributed by atoms with E-state index >= 15 is 0 Å². The SMILES string of the molecule is O=C1NC(=O)C(Cc2nc(-c3ccccc3)nn2CCc2ccccc2)N1. The summed E-state index contributed by atoms with van der Waals surface area (Å²) in [5.74, 6) is 0.953. The van der Waals surface area contributed by atoms with E-state index in [0.717, 1.165) is 12.0 Å². The van der Waals surface area contributed by atoms with E-state index in [4.69, 9.17) is 0 Å². The van der Waals surface area contributed by atoms with E-state index in [9.17, 15) is 9.59 Å². The van der Waals surface area contributed by atoms with Crippen LogP contribution in [-0.2, 0) is 24.2 Å². The molecular weight excluding hydrogens is 342 g/mol. The zero-order valence-electron chi connectivity index (χ0n) is 14.6. The number of nitrogens with zero attached hydrogens (tertiary/aromatic N) is 3. The number of rotatable bonds is 6. The summed E-state index contributed by atoms with van der Waals surface area (Å²) in [5, 5.41) is 9.52. The number of carbonyl (C=O) groups is 2. The Bertz CT molecular complexity index is 953. The molecule has 1 aromatic heterocycles. The standard InChI is InChI=1S/C20H19N5O2/c26-19-16(21-20(27)23-19)13-17-22-18(15-9-5-2-6-10-15)24-25(17)12-11-14-7-3-1-4-8-14/h1-10,16H,11-13H2,(H2,21,23,26,27). The van der Waals surface area contributed by atoms with Crippen LogP contribution in [0.25, 0.3) is 11.4 Å². The molecule has 3 amide bonds. The third-order valence-corrected chi connectivity index (χ3v) is 4.48. The van der Waals surface area contributed by atoms with Crippen molar-refractivity contribution in [1.29, 1.82) is 0 Å². The van der Waals surface area contributed by atoms with Gasteiger partial charge in [0, 0.05) is 18.5 Å². The first kappa shape index (κ1) is 17.0. The predicted octanol–water partition coefficient (Wildman–Crippen LogP) is 1.94. The van der Waals surface area contributed by atoms with Gasteiger partial charge in [0.1, 0.15) is 11.9 Å². The highest BCUT2D eigenvalue weighted by atomic mass is 16.2. The van der Waals surface area contributed by atoms with Gasteiger partial charge in [0.2, 0.25) is 0 Å². The largest absolute Gasteiger partial charge is 0.326 e. The first-order valence-corrected chi connectivity index (χ1v) is 8.83. The van der Waals surface area contributed by atoms with E-state index in [2.05, 4.69) is 32.8 Å². The summed E-state index contributed by atoms with van der Waals surface area (Å²) in [6.45, 7) is 0.640. The van der Waals surface area contributed by atoms with Crippen molar-refractivity contribution in [3.05, 3.63) is 72.1 Å². The van der Waals surface area contributed by atoms with Crippen molar-refractivity contribution in [3.8, 4) is 11.4 Å². The van der Waals surface area contributed by atoms with Crippen molar-refractivity contribution < 1.29 is 9.59 Å². The molecule has 2 aromatic carbocycles. The quantitative estimate of drug-likeness (QED) is 0.657. The Morgan fingerprint density at radius 2 is 1.67 bits per heavy atom. The number of aryl methyl sites for hydroxylation is 2. The van der Waals surface area contributed by atoms with Gasteiger partial charge < -0.3 is 5.32 Å². The zero-order chi connectivity index (χ0) is 18.6. The Balaban J connectivity index is 1.59. The monoisotopic (exact) mass is 361 g/mol. The van der Waals surface area contributed by atoms with Crippen LogP contribution in [0.2, 0.25) is 0 Å². The van der Waals surface area contributed by atoms with E-state index in [1.807, 2.05) is 53.2 Å². The van der Waals surface area contributed by atoms with Crippen LogP contribution >= 0.6 is 0 Å². The Morgan fingerprint density at radius 1 is 0.963 bits per heavy atom. The molecule has 2 N–H and O–H groups in total. The molecule has 1 saturated heterocycles. The first-order valence-electron chi connectivity index (χ1n) is 8.83. The number of urea groups is 1. The summed E-state index contributed by atoms with van der Waals surface area (Å²) in [6.07, 6.45) is 1.10. The molecule has 27 heavy (non-hydrogen) atoms. The van der Waals surface area contributed by atoms with Gasteiger partial charge in [0.25, 0.3) is 5.91 Å². The van der Waals surface area contributed by atoms with Gasteiger partial charge in [-0.1, -0.05) is 60.7 Å². The first-order chi connectivity index (χ1) is 13.2. The van der Waals surface area contributed by atoms with Crippen LogP contribution < -0.4 is 10.6 Å². The second-order valence-corrected chi connectivity index (χ2v) is 6.40. The van der Waals surface area contributed by atoms with E-state index in [1.54, 1.807) is 0 Å². The molecule has 1 aliphatic heterocycles. The number of imide groups is 1. The minimum Gasteiger partial charge on any atom is -0.326 e.